The summed E-state index contributed by atoms with van der Waals surface area (Å²) in [7, 11) is 0. The SMILES string of the molecule is Cc1cc(Cl)cc(-c2nc(-c3cnccn3)no2)c1NC(=O)c1cc(Br)nn1-c1ncccc1Cl. The number of hydrogen-bond acceptors (Lipinski definition) is 8. The Morgan fingerprint density at radius 3 is 2.77 bits per heavy atom. The highest BCUT2D eigenvalue weighted by Gasteiger charge is 2.23. The summed E-state index contributed by atoms with van der Waals surface area (Å²) in [6.07, 6.45) is 6.14. The van der Waals surface area contributed by atoms with E-state index in [0.717, 1.165) is 0 Å². The molecule has 5 rings (SSSR count). The van der Waals surface area contributed by atoms with Crippen molar-refractivity contribution in [3.63, 3.8) is 0 Å². The van der Waals surface area contributed by atoms with Crippen LogP contribution in [0.2, 0.25) is 10.0 Å². The van der Waals surface area contributed by atoms with Gasteiger partial charge in [0.2, 0.25) is 5.82 Å². The first kappa shape index (κ1) is 23.1. The van der Waals surface area contributed by atoms with Crippen molar-refractivity contribution < 1.29 is 9.32 Å². The minimum absolute atomic E-state index is 0.147. The van der Waals surface area contributed by atoms with Crippen LogP contribution in [-0.2, 0) is 0 Å². The molecule has 13 heteroatoms. The third-order valence-electron chi connectivity index (χ3n) is 4.84. The normalized spacial score (nSPS) is 11.0. The van der Waals surface area contributed by atoms with Gasteiger partial charge in [-0.15, -0.1) is 0 Å². The number of amides is 1. The van der Waals surface area contributed by atoms with Crippen molar-refractivity contribution in [3.05, 3.63) is 81.0 Å². The van der Waals surface area contributed by atoms with Gasteiger partial charge >= 0.3 is 0 Å². The fourth-order valence-electron chi connectivity index (χ4n) is 3.32. The number of nitrogens with zero attached hydrogens (tertiary/aromatic N) is 7. The van der Waals surface area contributed by atoms with E-state index in [2.05, 4.69) is 51.4 Å². The molecule has 10 nitrogen and oxygen atoms in total. The fourth-order valence-corrected chi connectivity index (χ4v) is 4.17. The van der Waals surface area contributed by atoms with Gasteiger partial charge in [0.25, 0.3) is 11.8 Å². The zero-order valence-electron chi connectivity index (χ0n) is 17.8. The molecule has 35 heavy (non-hydrogen) atoms. The molecule has 0 bridgehead atoms. The zero-order valence-corrected chi connectivity index (χ0v) is 20.9. The number of aromatic nitrogens is 7. The lowest BCUT2D eigenvalue weighted by Crippen LogP contribution is -2.18. The summed E-state index contributed by atoms with van der Waals surface area (Å²) >= 11 is 15.9. The second-order valence-electron chi connectivity index (χ2n) is 7.19. The van der Waals surface area contributed by atoms with E-state index in [0.29, 0.717) is 43.0 Å². The molecule has 0 spiro atoms. The maximum Gasteiger partial charge on any atom is 0.274 e. The van der Waals surface area contributed by atoms with E-state index < -0.39 is 5.91 Å². The number of aryl methyl sites for hydroxylation is 1. The Hall–Kier alpha value is -3.67. The highest BCUT2D eigenvalue weighted by Crippen LogP contribution is 2.34. The number of benzene rings is 1. The summed E-state index contributed by atoms with van der Waals surface area (Å²) in [5.74, 6) is 0.234. The van der Waals surface area contributed by atoms with Crippen LogP contribution in [-0.4, -0.2) is 40.8 Å². The molecule has 0 saturated carbocycles. The van der Waals surface area contributed by atoms with Crippen LogP contribution in [0.15, 0.2) is 64.2 Å². The molecule has 0 fully saturated rings. The number of pyridine rings is 1. The van der Waals surface area contributed by atoms with Crippen molar-refractivity contribution in [2.75, 3.05) is 5.32 Å². The molecule has 0 unspecified atom stereocenters. The lowest BCUT2D eigenvalue weighted by atomic mass is 10.1. The van der Waals surface area contributed by atoms with E-state index in [1.807, 2.05) is 0 Å². The first-order valence-electron chi connectivity index (χ1n) is 9.99. The van der Waals surface area contributed by atoms with Crippen LogP contribution in [0, 0.1) is 6.92 Å². The van der Waals surface area contributed by atoms with Gasteiger partial charge in [0.1, 0.15) is 16.0 Å². The second kappa shape index (κ2) is 9.53. The minimum Gasteiger partial charge on any atom is -0.333 e. The van der Waals surface area contributed by atoms with Gasteiger partial charge in [-0.1, -0.05) is 28.4 Å². The highest BCUT2D eigenvalue weighted by molar-refractivity contribution is 9.10. The standard InChI is InChI=1S/C22H13BrCl2N8O2/c1-11-7-12(24)8-13(22-30-19(32-35-22)15-10-26-5-6-27-15)18(11)29-21(34)16-9-17(23)31-33(16)20-14(25)3-2-4-28-20/h2-10H,1H3,(H,29,34). The first-order chi connectivity index (χ1) is 16.9. The monoisotopic (exact) mass is 570 g/mol. The van der Waals surface area contributed by atoms with Crippen LogP contribution < -0.4 is 5.32 Å². The maximum atomic E-state index is 13.4. The molecule has 0 aliphatic carbocycles. The van der Waals surface area contributed by atoms with Crippen molar-refractivity contribution in [1.82, 2.24) is 34.9 Å². The molecular formula is C22H13BrCl2N8O2. The van der Waals surface area contributed by atoms with Gasteiger partial charge in [-0.2, -0.15) is 10.1 Å². The van der Waals surface area contributed by atoms with Gasteiger partial charge in [0, 0.05) is 29.7 Å². The number of rotatable bonds is 5. The molecule has 0 atom stereocenters. The van der Waals surface area contributed by atoms with Crippen LogP contribution in [0.4, 0.5) is 5.69 Å². The van der Waals surface area contributed by atoms with Crippen molar-refractivity contribution in [3.8, 4) is 28.8 Å². The van der Waals surface area contributed by atoms with Gasteiger partial charge < -0.3 is 9.84 Å². The van der Waals surface area contributed by atoms with Crippen molar-refractivity contribution in [1.29, 1.82) is 0 Å². The summed E-state index contributed by atoms with van der Waals surface area (Å²) < 4.78 is 7.25. The van der Waals surface area contributed by atoms with Crippen molar-refractivity contribution in [2.45, 2.75) is 6.92 Å². The van der Waals surface area contributed by atoms with Crippen molar-refractivity contribution in [2.24, 2.45) is 0 Å². The Morgan fingerprint density at radius 2 is 2.00 bits per heavy atom. The topological polar surface area (TPSA) is 125 Å². The maximum absolute atomic E-state index is 13.4. The largest absolute Gasteiger partial charge is 0.333 e. The molecule has 1 aromatic carbocycles. The third kappa shape index (κ3) is 4.65. The fraction of sp³-hybridized carbons (Fsp3) is 0.0455. The number of anilines is 1. The molecule has 5 aromatic rings. The van der Waals surface area contributed by atoms with Gasteiger partial charge in [0.15, 0.2) is 5.82 Å². The molecule has 0 radical (unpaired) electrons. The number of nitrogens with one attached hydrogen (secondary N) is 1. The number of halogens is 3. The molecule has 1 amide bonds. The zero-order chi connectivity index (χ0) is 24.5. The van der Waals surface area contributed by atoms with Gasteiger partial charge in [-0.05, 0) is 52.7 Å². The Labute approximate surface area is 216 Å². The molecular weight excluding hydrogens is 559 g/mol. The summed E-state index contributed by atoms with van der Waals surface area (Å²) in [6, 6.07) is 8.24. The summed E-state index contributed by atoms with van der Waals surface area (Å²) in [5.41, 5.74) is 2.19. The minimum atomic E-state index is -0.467. The van der Waals surface area contributed by atoms with E-state index in [4.69, 9.17) is 27.7 Å². The first-order valence-corrected chi connectivity index (χ1v) is 11.5. The predicted molar refractivity (Wildman–Crippen MR) is 133 cm³/mol. The molecule has 0 aliphatic rings. The lowest BCUT2D eigenvalue weighted by Gasteiger charge is -2.13. The Bertz CT molecular complexity index is 1550. The quantitative estimate of drug-likeness (QED) is 0.297. The molecule has 174 valence electrons. The average Bonchev–Trinajstić information content (AvgIpc) is 3.49. The van der Waals surface area contributed by atoms with Crippen molar-refractivity contribution >= 4 is 50.7 Å². The molecule has 0 saturated heterocycles. The predicted octanol–water partition coefficient (Wildman–Crippen LogP) is 5.40. The Balaban J connectivity index is 1.54. The van der Waals surface area contributed by atoms with Gasteiger partial charge in [0.05, 0.1) is 22.5 Å². The van der Waals surface area contributed by atoms with E-state index >= 15 is 0 Å². The van der Waals surface area contributed by atoms with Crippen LogP contribution in [0.1, 0.15) is 16.1 Å². The Morgan fingerprint density at radius 1 is 1.14 bits per heavy atom. The van der Waals surface area contributed by atoms with Gasteiger partial charge in [-0.25, -0.2) is 14.6 Å². The third-order valence-corrected chi connectivity index (χ3v) is 5.74. The van der Waals surface area contributed by atoms with Gasteiger partial charge in [-0.3, -0.25) is 9.78 Å². The second-order valence-corrected chi connectivity index (χ2v) is 8.84. The highest BCUT2D eigenvalue weighted by atomic mass is 79.9. The smallest absolute Gasteiger partial charge is 0.274 e. The van der Waals surface area contributed by atoms with Crippen LogP contribution in [0.25, 0.3) is 28.8 Å². The van der Waals surface area contributed by atoms with E-state index in [-0.39, 0.29) is 17.4 Å². The number of carbonyl (C=O) groups is 1. The van der Waals surface area contributed by atoms with E-state index in [9.17, 15) is 4.79 Å². The number of carbonyl (C=O) groups excluding carboxylic acids is 1. The van der Waals surface area contributed by atoms with E-state index in [1.54, 1.807) is 49.6 Å². The molecule has 4 aromatic heterocycles. The lowest BCUT2D eigenvalue weighted by molar-refractivity contribution is 0.101. The van der Waals surface area contributed by atoms with Crippen LogP contribution >= 0.6 is 39.1 Å². The molecule has 4 heterocycles. The molecule has 1 N–H and O–H groups in total. The van der Waals surface area contributed by atoms with E-state index in [1.165, 1.54) is 17.1 Å². The van der Waals surface area contributed by atoms with Crippen LogP contribution in [0.5, 0.6) is 0 Å². The van der Waals surface area contributed by atoms with Crippen LogP contribution in [0.3, 0.4) is 0 Å². The summed E-state index contributed by atoms with van der Waals surface area (Å²) in [4.78, 5) is 30.2. The number of hydrogen-bond donors (Lipinski definition) is 1. The summed E-state index contributed by atoms with van der Waals surface area (Å²) in [6.45, 7) is 1.80. The molecule has 0 aliphatic heterocycles. The average molecular weight is 572 g/mol. The Kier molecular flexibility index (Phi) is 6.29. The summed E-state index contributed by atoms with van der Waals surface area (Å²) in [5, 5.41) is 12.0.